The number of halogens is 2. The number of alkyl halides is 2. The highest BCUT2D eigenvalue weighted by molar-refractivity contribution is 8.04. The van der Waals surface area contributed by atoms with Gasteiger partial charge >= 0.3 is 0 Å². The first kappa shape index (κ1) is 12.7. The van der Waals surface area contributed by atoms with E-state index in [1.165, 1.54) is 6.92 Å². The first-order chi connectivity index (χ1) is 6.94. The molecule has 1 aliphatic rings. The van der Waals surface area contributed by atoms with Gasteiger partial charge in [-0.15, -0.1) is 0 Å². The van der Waals surface area contributed by atoms with Gasteiger partial charge in [0.15, 0.2) is 0 Å². The molecule has 4 heteroatoms. The van der Waals surface area contributed by atoms with Crippen molar-refractivity contribution in [2.75, 3.05) is 0 Å². The predicted molar refractivity (Wildman–Crippen MR) is 61.8 cm³/mol. The van der Waals surface area contributed by atoms with Gasteiger partial charge in [-0.25, -0.2) is 0 Å². The summed E-state index contributed by atoms with van der Waals surface area (Å²) in [6.07, 6.45) is 6.06. The van der Waals surface area contributed by atoms with Crippen LogP contribution in [-0.2, 0) is 0 Å². The normalized spacial score (nSPS) is 23.8. The van der Waals surface area contributed by atoms with Crippen molar-refractivity contribution < 1.29 is 8.78 Å². The highest BCUT2D eigenvalue weighted by atomic mass is 32.2. The number of nitrogens with two attached hydrogens (primary N) is 1. The Morgan fingerprint density at radius 3 is 2.87 bits per heavy atom. The summed E-state index contributed by atoms with van der Waals surface area (Å²) >= 11 is 0.665. The molecule has 1 aliphatic carbocycles. The Morgan fingerprint density at radius 1 is 1.67 bits per heavy atom. The molecule has 1 nitrogen and oxygen atoms in total. The van der Waals surface area contributed by atoms with Crippen LogP contribution in [0.1, 0.15) is 26.7 Å². The fraction of sp³-hybridized carbons (Fsp3) is 0.636. The van der Waals surface area contributed by atoms with Gasteiger partial charge in [0.2, 0.25) is 0 Å². The van der Waals surface area contributed by atoms with Crippen molar-refractivity contribution in [2.24, 2.45) is 11.7 Å². The molecule has 0 aromatic rings. The van der Waals surface area contributed by atoms with Crippen LogP contribution in [-0.4, -0.2) is 11.3 Å². The molecule has 86 valence electrons. The molecule has 0 spiro atoms. The lowest BCUT2D eigenvalue weighted by atomic mass is 9.94. The van der Waals surface area contributed by atoms with Crippen molar-refractivity contribution in [3.05, 3.63) is 23.1 Å². The molecular formula is C11H17F2NS. The van der Waals surface area contributed by atoms with Crippen LogP contribution in [0.15, 0.2) is 23.1 Å². The second-order valence-corrected chi connectivity index (χ2v) is 5.16. The van der Waals surface area contributed by atoms with Gasteiger partial charge in [-0.05, 0) is 24.2 Å². The third-order valence-corrected chi connectivity index (χ3v) is 3.60. The van der Waals surface area contributed by atoms with E-state index in [1.807, 2.05) is 19.1 Å². The lowest BCUT2D eigenvalue weighted by molar-refractivity contribution is 0.102. The minimum atomic E-state index is -2.65. The summed E-state index contributed by atoms with van der Waals surface area (Å²) in [5.74, 6) is 0.185. The zero-order valence-electron chi connectivity index (χ0n) is 9.04. The van der Waals surface area contributed by atoms with Crippen LogP contribution in [0.3, 0.4) is 0 Å². The zero-order chi connectivity index (χ0) is 11.5. The molecule has 0 amide bonds. The fourth-order valence-electron chi connectivity index (χ4n) is 1.37. The maximum absolute atomic E-state index is 13.1. The second kappa shape index (κ2) is 5.12. The standard InChI is InChI=1S/C11H17F2NS/c1-3-11(12,13)15-10-6-4-5-9(7-10)8(2)14/h4-6,8-9H,3,7,14H2,1-2H3. The van der Waals surface area contributed by atoms with E-state index in [2.05, 4.69) is 0 Å². The van der Waals surface area contributed by atoms with E-state index < -0.39 is 5.25 Å². The molecule has 2 unspecified atom stereocenters. The second-order valence-electron chi connectivity index (χ2n) is 3.84. The summed E-state index contributed by atoms with van der Waals surface area (Å²) in [7, 11) is 0. The first-order valence-corrected chi connectivity index (χ1v) is 5.96. The summed E-state index contributed by atoms with van der Waals surface area (Å²) in [6.45, 7) is 3.40. The molecule has 0 aromatic carbocycles. The fourth-order valence-corrected chi connectivity index (χ4v) is 2.33. The van der Waals surface area contributed by atoms with Crippen LogP contribution in [0.2, 0.25) is 0 Å². The van der Waals surface area contributed by atoms with Gasteiger partial charge < -0.3 is 5.73 Å². The van der Waals surface area contributed by atoms with Crippen LogP contribution in [0.4, 0.5) is 8.78 Å². The maximum atomic E-state index is 13.1. The Bertz CT molecular complexity index is 272. The van der Waals surface area contributed by atoms with Crippen LogP contribution in [0.5, 0.6) is 0 Å². The lowest BCUT2D eigenvalue weighted by Gasteiger charge is -2.23. The average molecular weight is 233 g/mol. The Hall–Kier alpha value is -0.350. The lowest BCUT2D eigenvalue weighted by Crippen LogP contribution is -2.26. The number of allylic oxidation sites excluding steroid dienone is 3. The van der Waals surface area contributed by atoms with Crippen LogP contribution >= 0.6 is 11.8 Å². The van der Waals surface area contributed by atoms with Gasteiger partial charge in [-0.2, -0.15) is 8.78 Å². The number of thioether (sulfide) groups is 1. The van der Waals surface area contributed by atoms with Gasteiger partial charge in [0.1, 0.15) is 0 Å². The minimum absolute atomic E-state index is 0.0146. The van der Waals surface area contributed by atoms with Crippen LogP contribution in [0.25, 0.3) is 0 Å². The monoisotopic (exact) mass is 233 g/mol. The molecule has 0 aromatic heterocycles. The summed E-state index contributed by atoms with van der Waals surface area (Å²) in [5.41, 5.74) is 5.75. The van der Waals surface area contributed by atoms with Crippen molar-refractivity contribution in [1.82, 2.24) is 0 Å². The smallest absolute Gasteiger partial charge is 0.297 e. The Kier molecular flexibility index (Phi) is 4.34. The highest BCUT2D eigenvalue weighted by Gasteiger charge is 2.30. The molecule has 0 heterocycles. The molecule has 0 radical (unpaired) electrons. The SMILES string of the molecule is CCC(F)(F)SC1=CC=CC(C(C)N)C1. The minimum Gasteiger partial charge on any atom is -0.327 e. The topological polar surface area (TPSA) is 26.0 Å². The molecule has 0 fully saturated rings. The zero-order valence-corrected chi connectivity index (χ0v) is 9.86. The van der Waals surface area contributed by atoms with E-state index in [0.717, 1.165) is 4.91 Å². The molecular weight excluding hydrogens is 216 g/mol. The van der Waals surface area contributed by atoms with Crippen LogP contribution in [0, 0.1) is 5.92 Å². The molecule has 1 rings (SSSR count). The average Bonchev–Trinajstić information content (AvgIpc) is 2.17. The summed E-state index contributed by atoms with van der Waals surface area (Å²) in [6, 6.07) is 0.0146. The van der Waals surface area contributed by atoms with Gasteiger partial charge in [-0.3, -0.25) is 0 Å². The summed E-state index contributed by atoms with van der Waals surface area (Å²) in [5, 5.41) is -2.65. The van der Waals surface area contributed by atoms with Gasteiger partial charge in [0.05, 0.1) is 0 Å². The Morgan fingerprint density at radius 2 is 2.33 bits per heavy atom. The van der Waals surface area contributed by atoms with E-state index in [9.17, 15) is 8.78 Å². The summed E-state index contributed by atoms with van der Waals surface area (Å²) < 4.78 is 26.3. The maximum Gasteiger partial charge on any atom is 0.297 e. The Balaban J connectivity index is 2.58. The van der Waals surface area contributed by atoms with Gasteiger partial charge in [-0.1, -0.05) is 36.9 Å². The Labute approximate surface area is 93.8 Å². The molecule has 15 heavy (non-hydrogen) atoms. The number of rotatable bonds is 4. The van der Waals surface area contributed by atoms with Crippen LogP contribution < -0.4 is 5.73 Å². The van der Waals surface area contributed by atoms with E-state index >= 15 is 0 Å². The molecule has 0 aliphatic heterocycles. The van der Waals surface area contributed by atoms with Crippen molar-refractivity contribution in [1.29, 1.82) is 0 Å². The van der Waals surface area contributed by atoms with E-state index in [4.69, 9.17) is 5.73 Å². The van der Waals surface area contributed by atoms with Crippen molar-refractivity contribution in [3.8, 4) is 0 Å². The molecule has 2 atom stereocenters. The third kappa shape index (κ3) is 3.95. The van der Waals surface area contributed by atoms with Gasteiger partial charge in [0.25, 0.3) is 5.25 Å². The van der Waals surface area contributed by atoms with Gasteiger partial charge in [0, 0.05) is 12.5 Å². The third-order valence-electron chi connectivity index (χ3n) is 2.44. The highest BCUT2D eigenvalue weighted by Crippen LogP contribution is 2.41. The largest absolute Gasteiger partial charge is 0.327 e. The number of hydrogen-bond donors (Lipinski definition) is 1. The van der Waals surface area contributed by atoms with Crippen molar-refractivity contribution in [2.45, 2.75) is 38.0 Å². The van der Waals surface area contributed by atoms with E-state index in [1.54, 1.807) is 6.08 Å². The predicted octanol–water partition coefficient (Wildman–Crippen LogP) is 3.53. The molecule has 0 saturated carbocycles. The first-order valence-electron chi connectivity index (χ1n) is 5.14. The van der Waals surface area contributed by atoms with Crippen molar-refractivity contribution >= 4 is 11.8 Å². The van der Waals surface area contributed by atoms with Crippen molar-refractivity contribution in [3.63, 3.8) is 0 Å². The quantitative estimate of drug-likeness (QED) is 0.804. The summed E-state index contributed by atoms with van der Waals surface area (Å²) in [4.78, 5) is 0.728. The molecule has 2 N–H and O–H groups in total. The molecule has 0 saturated heterocycles. The van der Waals surface area contributed by atoms with E-state index in [-0.39, 0.29) is 18.4 Å². The number of hydrogen-bond acceptors (Lipinski definition) is 2. The molecule has 0 bridgehead atoms. The van der Waals surface area contributed by atoms with E-state index in [0.29, 0.717) is 18.2 Å².